The first-order valence-corrected chi connectivity index (χ1v) is 4.49. The molecule has 1 rings (SSSR count). The summed E-state index contributed by atoms with van der Waals surface area (Å²) < 4.78 is 12.7. The van der Waals surface area contributed by atoms with Gasteiger partial charge in [-0.3, -0.25) is 0 Å². The van der Waals surface area contributed by atoms with Crippen LogP contribution in [0.1, 0.15) is 25.3 Å². The molecule has 1 unspecified atom stereocenters. The number of hydrogen-bond donors (Lipinski definition) is 1. The zero-order valence-corrected chi connectivity index (χ0v) is 7.70. The summed E-state index contributed by atoms with van der Waals surface area (Å²) in [6.07, 6.45) is 2.84. The van der Waals surface area contributed by atoms with Crippen molar-refractivity contribution in [3.63, 3.8) is 0 Å². The lowest BCUT2D eigenvalue weighted by Crippen LogP contribution is -2.04. The summed E-state index contributed by atoms with van der Waals surface area (Å²) >= 11 is 0. The highest BCUT2D eigenvalue weighted by Gasteiger charge is 2.02. The molecule has 0 heterocycles. The molecule has 0 amide bonds. The van der Waals surface area contributed by atoms with E-state index in [4.69, 9.17) is 0 Å². The van der Waals surface area contributed by atoms with Crippen molar-refractivity contribution in [3.05, 3.63) is 42.1 Å². The first kappa shape index (κ1) is 10.2. The van der Waals surface area contributed by atoms with Crippen molar-refractivity contribution in [2.45, 2.75) is 25.9 Å². The van der Waals surface area contributed by atoms with E-state index in [9.17, 15) is 9.50 Å². The standard InChI is InChI=1S/C11H14FO/c1-2-11(13)7-6-9-4-3-5-10(12)8-9/h3-6,8,11,13H,2,7H2,1H3. The number of benzene rings is 1. The largest absolute Gasteiger partial charge is 0.393 e. The Morgan fingerprint density at radius 3 is 2.92 bits per heavy atom. The van der Waals surface area contributed by atoms with Gasteiger partial charge in [0.1, 0.15) is 5.82 Å². The maximum Gasteiger partial charge on any atom is 0.123 e. The minimum atomic E-state index is -0.316. The number of halogens is 1. The van der Waals surface area contributed by atoms with E-state index in [2.05, 4.69) is 0 Å². The van der Waals surface area contributed by atoms with E-state index in [1.165, 1.54) is 12.1 Å². The van der Waals surface area contributed by atoms with Crippen molar-refractivity contribution >= 4 is 0 Å². The molecular weight excluding hydrogens is 167 g/mol. The molecule has 0 aliphatic rings. The molecule has 13 heavy (non-hydrogen) atoms. The molecule has 1 atom stereocenters. The normalized spacial score (nSPS) is 12.8. The van der Waals surface area contributed by atoms with Crippen LogP contribution < -0.4 is 0 Å². The second-order valence-corrected chi connectivity index (χ2v) is 3.06. The van der Waals surface area contributed by atoms with Crippen LogP contribution in [0.3, 0.4) is 0 Å². The van der Waals surface area contributed by atoms with E-state index in [0.717, 1.165) is 12.0 Å². The number of aliphatic hydroxyl groups excluding tert-OH is 1. The molecule has 0 bridgehead atoms. The number of rotatable bonds is 4. The third-order valence-corrected chi connectivity index (χ3v) is 1.95. The van der Waals surface area contributed by atoms with Crippen molar-refractivity contribution in [1.82, 2.24) is 0 Å². The fraction of sp³-hybridized carbons (Fsp3) is 0.364. The lowest BCUT2D eigenvalue weighted by atomic mass is 10.1. The van der Waals surface area contributed by atoms with Crippen molar-refractivity contribution < 1.29 is 9.50 Å². The van der Waals surface area contributed by atoms with Gasteiger partial charge in [-0.15, -0.1) is 0 Å². The molecular formula is C11H14FO. The van der Waals surface area contributed by atoms with E-state index in [1.807, 2.05) is 19.4 Å². The summed E-state index contributed by atoms with van der Waals surface area (Å²) in [4.78, 5) is 0. The van der Waals surface area contributed by atoms with Gasteiger partial charge in [-0.2, -0.15) is 0 Å². The van der Waals surface area contributed by atoms with E-state index in [-0.39, 0.29) is 11.9 Å². The van der Waals surface area contributed by atoms with E-state index < -0.39 is 0 Å². The SMILES string of the molecule is CCC(O)C[CH]c1cccc(F)c1. The smallest absolute Gasteiger partial charge is 0.123 e. The molecule has 2 heteroatoms. The Morgan fingerprint density at radius 1 is 1.54 bits per heavy atom. The molecule has 0 aromatic heterocycles. The van der Waals surface area contributed by atoms with E-state index in [1.54, 1.807) is 6.07 Å². The summed E-state index contributed by atoms with van der Waals surface area (Å²) in [7, 11) is 0. The molecule has 0 spiro atoms. The Balaban J connectivity index is 2.45. The molecule has 1 N–H and O–H groups in total. The zero-order chi connectivity index (χ0) is 9.68. The van der Waals surface area contributed by atoms with E-state index >= 15 is 0 Å². The van der Waals surface area contributed by atoms with Gasteiger partial charge >= 0.3 is 0 Å². The number of aliphatic hydroxyl groups is 1. The summed E-state index contributed by atoms with van der Waals surface area (Å²) in [5.74, 6) is -0.236. The van der Waals surface area contributed by atoms with E-state index in [0.29, 0.717) is 6.42 Å². The quantitative estimate of drug-likeness (QED) is 0.756. The van der Waals surface area contributed by atoms with Crippen molar-refractivity contribution in [2.75, 3.05) is 0 Å². The fourth-order valence-corrected chi connectivity index (χ4v) is 1.07. The maximum atomic E-state index is 12.7. The molecule has 71 valence electrons. The summed E-state index contributed by atoms with van der Waals surface area (Å²) in [6, 6.07) is 6.36. The molecule has 1 nitrogen and oxygen atoms in total. The average Bonchev–Trinajstić information content (AvgIpc) is 2.14. The first-order chi connectivity index (χ1) is 6.22. The molecule has 0 fully saturated rings. The predicted molar refractivity (Wildman–Crippen MR) is 50.7 cm³/mol. The van der Waals surface area contributed by atoms with Gasteiger partial charge in [0.2, 0.25) is 0 Å². The minimum Gasteiger partial charge on any atom is -0.393 e. The lowest BCUT2D eigenvalue weighted by molar-refractivity contribution is 0.170. The van der Waals surface area contributed by atoms with Crippen molar-refractivity contribution in [1.29, 1.82) is 0 Å². The van der Waals surface area contributed by atoms with Gasteiger partial charge in [0, 0.05) is 0 Å². The van der Waals surface area contributed by atoms with Crippen molar-refractivity contribution in [2.24, 2.45) is 0 Å². The highest BCUT2D eigenvalue weighted by atomic mass is 19.1. The minimum absolute atomic E-state index is 0.236. The topological polar surface area (TPSA) is 20.2 Å². The Morgan fingerprint density at radius 2 is 2.31 bits per heavy atom. The second-order valence-electron chi connectivity index (χ2n) is 3.06. The van der Waals surface area contributed by atoms with Crippen LogP contribution in [0.25, 0.3) is 0 Å². The molecule has 1 radical (unpaired) electrons. The third kappa shape index (κ3) is 3.55. The number of hydrogen-bond acceptors (Lipinski definition) is 1. The lowest BCUT2D eigenvalue weighted by Gasteiger charge is -2.06. The Labute approximate surface area is 78.2 Å². The van der Waals surface area contributed by atoms with Crippen LogP contribution in [0.5, 0.6) is 0 Å². The third-order valence-electron chi connectivity index (χ3n) is 1.95. The Bertz CT molecular complexity index is 260. The Kier molecular flexibility index (Phi) is 3.90. The molecule has 0 aliphatic carbocycles. The van der Waals surface area contributed by atoms with Gasteiger partial charge < -0.3 is 5.11 Å². The summed E-state index contributed by atoms with van der Waals surface area (Å²) in [6.45, 7) is 1.92. The first-order valence-electron chi connectivity index (χ1n) is 4.49. The van der Waals surface area contributed by atoms with Crippen LogP contribution in [-0.4, -0.2) is 11.2 Å². The molecule has 0 saturated heterocycles. The van der Waals surface area contributed by atoms with Gasteiger partial charge in [0.25, 0.3) is 0 Å². The van der Waals surface area contributed by atoms with Crippen LogP contribution in [0.15, 0.2) is 24.3 Å². The highest BCUT2D eigenvalue weighted by molar-refractivity contribution is 5.23. The van der Waals surface area contributed by atoms with Crippen LogP contribution >= 0.6 is 0 Å². The molecule has 0 aliphatic heterocycles. The van der Waals surface area contributed by atoms with Gasteiger partial charge in [-0.1, -0.05) is 19.1 Å². The predicted octanol–water partition coefficient (Wildman–Crippen LogP) is 2.54. The maximum absolute atomic E-state index is 12.7. The van der Waals surface area contributed by atoms with Crippen LogP contribution in [0, 0.1) is 12.2 Å². The second kappa shape index (κ2) is 4.97. The molecule has 0 saturated carbocycles. The van der Waals surface area contributed by atoms with Crippen LogP contribution in [0.2, 0.25) is 0 Å². The Hall–Kier alpha value is -0.890. The van der Waals surface area contributed by atoms with Gasteiger partial charge in [0.15, 0.2) is 0 Å². The van der Waals surface area contributed by atoms with Gasteiger partial charge in [0.05, 0.1) is 6.10 Å². The van der Waals surface area contributed by atoms with Crippen LogP contribution in [0.4, 0.5) is 4.39 Å². The fourth-order valence-electron chi connectivity index (χ4n) is 1.07. The monoisotopic (exact) mass is 181 g/mol. The van der Waals surface area contributed by atoms with Gasteiger partial charge in [-0.05, 0) is 37.0 Å². The molecule has 1 aromatic carbocycles. The summed E-state index contributed by atoms with van der Waals surface area (Å²) in [5, 5.41) is 9.26. The van der Waals surface area contributed by atoms with Crippen LogP contribution in [-0.2, 0) is 0 Å². The summed E-state index contributed by atoms with van der Waals surface area (Å²) in [5.41, 5.74) is 0.826. The molecule has 1 aromatic rings. The van der Waals surface area contributed by atoms with Gasteiger partial charge in [-0.25, -0.2) is 4.39 Å². The average molecular weight is 181 g/mol. The van der Waals surface area contributed by atoms with Crippen molar-refractivity contribution in [3.8, 4) is 0 Å². The highest BCUT2D eigenvalue weighted by Crippen LogP contribution is 2.10. The zero-order valence-electron chi connectivity index (χ0n) is 7.70.